The summed E-state index contributed by atoms with van der Waals surface area (Å²) in [5.74, 6) is 1.12. The van der Waals surface area contributed by atoms with Gasteiger partial charge >= 0.3 is 15.2 Å². The highest BCUT2D eigenvalue weighted by Crippen LogP contribution is 2.55. The molecule has 52 heavy (non-hydrogen) atoms. The second kappa shape index (κ2) is 20.4. The maximum absolute atomic E-state index is 12.7. The molecule has 292 valence electrons. The number of fused-ring (bicyclic) bond motifs is 1. The molecular weight excluding hydrogens is 754 g/mol. The van der Waals surface area contributed by atoms with Crippen LogP contribution in [0.1, 0.15) is 31.9 Å². The van der Waals surface area contributed by atoms with E-state index < -0.39 is 52.2 Å². The van der Waals surface area contributed by atoms with Gasteiger partial charge in [0.05, 0.1) is 64.4 Å². The third-order valence-electron chi connectivity index (χ3n) is 8.09. The number of nitrogens with one attached hydrogen (secondary N) is 2. The van der Waals surface area contributed by atoms with E-state index >= 15 is 0 Å². The summed E-state index contributed by atoms with van der Waals surface area (Å²) < 4.78 is 56.1. The molecule has 1 saturated carbocycles. The van der Waals surface area contributed by atoms with Gasteiger partial charge in [0.15, 0.2) is 17.8 Å². The molecule has 20 nitrogen and oxygen atoms in total. The number of terminal acetylenes is 1. The Hall–Kier alpha value is -2.31. The van der Waals surface area contributed by atoms with Crippen LogP contribution in [0.4, 0.5) is 5.82 Å². The molecule has 23 heteroatoms. The van der Waals surface area contributed by atoms with Gasteiger partial charge in [0, 0.05) is 18.5 Å². The summed E-state index contributed by atoms with van der Waals surface area (Å²) in [6.07, 6.45) is 3.24. The number of amides is 1. The maximum atomic E-state index is 12.7. The molecule has 0 spiro atoms. The van der Waals surface area contributed by atoms with Crippen molar-refractivity contribution in [2.24, 2.45) is 5.92 Å². The topological polar surface area (TPSA) is 275 Å². The van der Waals surface area contributed by atoms with Crippen molar-refractivity contribution in [3.8, 4) is 12.3 Å². The van der Waals surface area contributed by atoms with Gasteiger partial charge in [-0.25, -0.2) is 4.68 Å². The van der Waals surface area contributed by atoms with E-state index in [9.17, 15) is 29.0 Å². The first-order valence-electron chi connectivity index (χ1n) is 16.5. The highest BCUT2D eigenvalue weighted by Gasteiger charge is 2.46. The standard InChI is InChI=1S/C29H45ClN6O14P2/c1-2-8-45-10-12-47-14-15-48-13-11-46-9-7-31-27(39)19-3-5-20(6-4-19)33-25-21-16-32-36(26(21)35-29(30)34-25)28-24(38)23(37)22(50-28)17-49-52(43,44)18-51(40,41)42/h1,16,19-20,22-24,28,37-38H,3-15,17-18H2,(H,31,39)(H,43,44)(H,33,34,35)(H2,40,41,42)/t19?,20?,22-,23-,24-,28-/m1/s1. The van der Waals surface area contributed by atoms with Crippen molar-refractivity contribution < 1.29 is 67.0 Å². The molecule has 1 amide bonds. The van der Waals surface area contributed by atoms with Crippen LogP contribution in [-0.4, -0.2) is 147 Å². The molecule has 4 rings (SSSR count). The number of carbonyl (C=O) groups is 1. The quantitative estimate of drug-likeness (QED) is 0.0363. The van der Waals surface area contributed by atoms with Crippen molar-refractivity contribution in [2.75, 3.05) is 77.2 Å². The average Bonchev–Trinajstić information content (AvgIpc) is 3.62. The Morgan fingerprint density at radius 3 is 2.25 bits per heavy atom. The molecule has 0 aromatic carbocycles. The largest absolute Gasteiger partial charge is 0.387 e. The number of nitrogens with zero attached hydrogens (tertiary/aromatic N) is 4. The molecule has 0 bridgehead atoms. The Balaban J connectivity index is 1.18. The van der Waals surface area contributed by atoms with Gasteiger partial charge in [-0.3, -0.25) is 13.9 Å². The van der Waals surface area contributed by atoms with E-state index in [0.717, 1.165) is 0 Å². The third-order valence-corrected chi connectivity index (χ3v) is 11.7. The first-order valence-corrected chi connectivity index (χ1v) is 20.4. The minimum atomic E-state index is -4.87. The van der Waals surface area contributed by atoms with Gasteiger partial charge in [0.25, 0.3) is 0 Å². The lowest BCUT2D eigenvalue weighted by atomic mass is 9.85. The van der Waals surface area contributed by atoms with Gasteiger partial charge in [-0.15, -0.1) is 6.42 Å². The van der Waals surface area contributed by atoms with Crippen molar-refractivity contribution in [3.63, 3.8) is 0 Å². The number of halogens is 1. The number of hydrogen-bond donors (Lipinski definition) is 7. The summed E-state index contributed by atoms with van der Waals surface area (Å²) in [7, 11) is -9.60. The monoisotopic (exact) mass is 798 g/mol. The zero-order valence-corrected chi connectivity index (χ0v) is 30.7. The Morgan fingerprint density at radius 1 is 0.981 bits per heavy atom. The summed E-state index contributed by atoms with van der Waals surface area (Å²) in [6, 6.07) is -0.0453. The molecule has 1 aliphatic carbocycles. The van der Waals surface area contributed by atoms with Crippen LogP contribution in [-0.2, 0) is 42.1 Å². The van der Waals surface area contributed by atoms with E-state index in [1.807, 2.05) is 0 Å². The molecule has 5 atom stereocenters. The van der Waals surface area contributed by atoms with Gasteiger partial charge in [-0.2, -0.15) is 15.1 Å². The SMILES string of the molecule is C#CCOCCOCCOCCOCCNC(=O)C1CCC(Nc2nc(Cl)nc3c2cnn3[C@@H]2O[C@H](COP(=O)(O)CP(=O)(O)O)[C@@H](O)[C@H]2O)CC1. The highest BCUT2D eigenvalue weighted by atomic mass is 35.5. The normalized spacial score (nSPS) is 24.8. The van der Waals surface area contributed by atoms with Crippen molar-refractivity contribution >= 4 is 49.6 Å². The van der Waals surface area contributed by atoms with E-state index in [2.05, 4.69) is 31.6 Å². The lowest BCUT2D eigenvalue weighted by Crippen LogP contribution is -2.37. The molecule has 2 fully saturated rings. The number of carbonyl (C=O) groups excluding carboxylic acids is 1. The number of hydrogen-bond acceptors (Lipinski definition) is 15. The van der Waals surface area contributed by atoms with Crippen molar-refractivity contribution in [3.05, 3.63) is 11.5 Å². The minimum absolute atomic E-state index is 0.0416. The predicted octanol–water partition coefficient (Wildman–Crippen LogP) is 0.223. The Labute approximate surface area is 304 Å². The molecule has 1 unspecified atom stereocenters. The number of aliphatic hydroxyl groups is 2. The fourth-order valence-corrected chi connectivity index (χ4v) is 8.34. The number of aromatic nitrogens is 4. The van der Waals surface area contributed by atoms with E-state index in [0.29, 0.717) is 89.7 Å². The maximum Gasteiger partial charge on any atom is 0.340 e. The molecule has 7 N–H and O–H groups in total. The first-order chi connectivity index (χ1) is 24.8. The number of anilines is 1. The smallest absolute Gasteiger partial charge is 0.340 e. The third kappa shape index (κ3) is 13.2. The summed E-state index contributed by atoms with van der Waals surface area (Å²) in [6.45, 7) is 2.79. The lowest BCUT2D eigenvalue weighted by Gasteiger charge is -2.29. The number of rotatable bonds is 22. The van der Waals surface area contributed by atoms with Crippen molar-refractivity contribution in [2.45, 2.75) is 56.3 Å². The van der Waals surface area contributed by atoms with Crippen molar-refractivity contribution in [1.29, 1.82) is 0 Å². The summed E-state index contributed by atoms with van der Waals surface area (Å²) >= 11 is 6.24. The van der Waals surface area contributed by atoms with Gasteiger partial charge in [-0.05, 0) is 37.3 Å². The molecule has 1 saturated heterocycles. The van der Waals surface area contributed by atoms with Gasteiger partial charge in [0.1, 0.15) is 30.7 Å². The Morgan fingerprint density at radius 2 is 1.62 bits per heavy atom. The zero-order valence-electron chi connectivity index (χ0n) is 28.2. The molecule has 1 aliphatic heterocycles. The van der Waals surface area contributed by atoms with Gasteiger partial charge < -0.3 is 63.7 Å². The van der Waals surface area contributed by atoms with Crippen LogP contribution in [0.15, 0.2) is 6.20 Å². The van der Waals surface area contributed by atoms with Crippen LogP contribution in [0.3, 0.4) is 0 Å². The van der Waals surface area contributed by atoms with Crippen LogP contribution in [0, 0.1) is 18.3 Å². The second-order valence-corrected chi connectivity index (χ2v) is 16.4. The highest BCUT2D eigenvalue weighted by molar-refractivity contribution is 7.70. The fourth-order valence-electron chi connectivity index (χ4n) is 5.60. The molecular formula is C29H45ClN6O14P2. The van der Waals surface area contributed by atoms with Gasteiger partial charge in [0.2, 0.25) is 11.2 Å². The molecule has 2 aliphatic rings. The lowest BCUT2D eigenvalue weighted by molar-refractivity contribution is -0.126. The van der Waals surface area contributed by atoms with E-state index in [1.165, 1.54) is 10.9 Å². The van der Waals surface area contributed by atoms with Crippen LogP contribution in [0.25, 0.3) is 11.0 Å². The van der Waals surface area contributed by atoms with Gasteiger partial charge in [-0.1, -0.05) is 5.92 Å². The number of aliphatic hydroxyl groups excluding tert-OH is 2. The van der Waals surface area contributed by atoms with E-state index in [-0.39, 0.29) is 35.4 Å². The molecule has 0 radical (unpaired) electrons. The predicted molar refractivity (Wildman–Crippen MR) is 183 cm³/mol. The molecule has 2 aromatic heterocycles. The summed E-state index contributed by atoms with van der Waals surface area (Å²) in [5.41, 5.74) is 0.156. The minimum Gasteiger partial charge on any atom is -0.387 e. The van der Waals surface area contributed by atoms with Crippen LogP contribution in [0.5, 0.6) is 0 Å². The van der Waals surface area contributed by atoms with E-state index in [1.54, 1.807) is 0 Å². The Kier molecular flexibility index (Phi) is 16.6. The molecule has 3 heterocycles. The summed E-state index contributed by atoms with van der Waals surface area (Å²) in [4.78, 5) is 49.0. The first kappa shape index (κ1) is 42.4. The fraction of sp³-hybridized carbons (Fsp3) is 0.724. The summed E-state index contributed by atoms with van der Waals surface area (Å²) in [5, 5.41) is 32.0. The molecule has 2 aromatic rings. The van der Waals surface area contributed by atoms with Crippen LogP contribution < -0.4 is 10.6 Å². The zero-order chi connectivity index (χ0) is 37.7. The van der Waals surface area contributed by atoms with Crippen molar-refractivity contribution in [1.82, 2.24) is 25.1 Å². The van der Waals surface area contributed by atoms with Crippen LogP contribution >= 0.6 is 26.8 Å². The average molecular weight is 799 g/mol. The van der Waals surface area contributed by atoms with Crippen LogP contribution in [0.2, 0.25) is 5.28 Å². The number of ether oxygens (including phenoxy) is 5. The second-order valence-electron chi connectivity index (χ2n) is 12.0. The Bertz CT molecular complexity index is 1590. The van der Waals surface area contributed by atoms with E-state index in [4.69, 9.17) is 56.0 Å².